The largest absolute Gasteiger partial charge is 0.334 e. The fraction of sp³-hybridized carbons (Fsp3) is 0.533. The van der Waals surface area contributed by atoms with Crippen LogP contribution in [0.5, 0.6) is 0 Å². The van der Waals surface area contributed by atoms with Gasteiger partial charge in [-0.3, -0.25) is 4.79 Å². The first kappa shape index (κ1) is 13.4. The van der Waals surface area contributed by atoms with Gasteiger partial charge in [0.1, 0.15) is 0 Å². The first-order chi connectivity index (χ1) is 8.54. The van der Waals surface area contributed by atoms with Crippen molar-refractivity contribution >= 4 is 17.5 Å². The highest BCUT2D eigenvalue weighted by Crippen LogP contribution is 2.29. The minimum atomic E-state index is 0.146. The van der Waals surface area contributed by atoms with Gasteiger partial charge in [-0.2, -0.15) is 0 Å². The Balaban J connectivity index is 2.32. The van der Waals surface area contributed by atoms with E-state index in [9.17, 15) is 4.79 Å². The van der Waals surface area contributed by atoms with Crippen LogP contribution in [-0.2, 0) is 0 Å². The number of alkyl halides is 1. The fourth-order valence-corrected chi connectivity index (χ4v) is 2.77. The Bertz CT molecular complexity index is 443. The van der Waals surface area contributed by atoms with Crippen LogP contribution in [0.4, 0.5) is 0 Å². The molecule has 2 rings (SSSR count). The van der Waals surface area contributed by atoms with E-state index in [1.54, 1.807) is 0 Å². The maximum Gasteiger partial charge on any atom is 0.254 e. The second-order valence-corrected chi connectivity index (χ2v) is 5.57. The molecule has 2 nitrogen and oxygen atoms in total. The fourth-order valence-electron chi connectivity index (χ4n) is 2.59. The molecule has 0 atom stereocenters. The van der Waals surface area contributed by atoms with E-state index in [0.29, 0.717) is 18.5 Å². The van der Waals surface area contributed by atoms with E-state index < -0.39 is 0 Å². The first-order valence-corrected chi connectivity index (χ1v) is 7.03. The highest BCUT2D eigenvalue weighted by Gasteiger charge is 2.33. The third-order valence-corrected chi connectivity index (χ3v) is 3.63. The molecule has 1 aromatic rings. The van der Waals surface area contributed by atoms with Gasteiger partial charge in [-0.05, 0) is 44.7 Å². The third-order valence-electron chi connectivity index (χ3n) is 3.46. The summed E-state index contributed by atoms with van der Waals surface area (Å²) in [7, 11) is 0. The lowest BCUT2D eigenvalue weighted by Crippen LogP contribution is -2.35. The number of rotatable bonds is 4. The van der Waals surface area contributed by atoms with Gasteiger partial charge in [-0.1, -0.05) is 17.7 Å². The minimum absolute atomic E-state index is 0.146. The van der Waals surface area contributed by atoms with Crippen LogP contribution in [0.25, 0.3) is 0 Å². The van der Waals surface area contributed by atoms with Gasteiger partial charge in [0.15, 0.2) is 0 Å². The topological polar surface area (TPSA) is 20.3 Å². The highest BCUT2D eigenvalue weighted by atomic mass is 35.5. The summed E-state index contributed by atoms with van der Waals surface area (Å²) < 4.78 is 0. The lowest BCUT2D eigenvalue weighted by Gasteiger charge is -2.23. The van der Waals surface area contributed by atoms with Crippen LogP contribution in [0, 0.1) is 20.8 Å². The van der Waals surface area contributed by atoms with Crippen LogP contribution in [0.1, 0.15) is 39.9 Å². The van der Waals surface area contributed by atoms with Gasteiger partial charge in [0.25, 0.3) is 5.91 Å². The molecular formula is C15H20ClNO. The van der Waals surface area contributed by atoms with Crippen LogP contribution < -0.4 is 0 Å². The van der Waals surface area contributed by atoms with Gasteiger partial charge < -0.3 is 4.90 Å². The molecule has 0 bridgehead atoms. The quantitative estimate of drug-likeness (QED) is 0.764. The van der Waals surface area contributed by atoms with E-state index in [1.165, 1.54) is 5.56 Å². The first-order valence-electron chi connectivity index (χ1n) is 6.49. The molecule has 0 saturated heterocycles. The van der Waals surface area contributed by atoms with Gasteiger partial charge >= 0.3 is 0 Å². The summed E-state index contributed by atoms with van der Waals surface area (Å²) in [6.07, 6.45) is 2.24. The molecule has 3 heteroatoms. The monoisotopic (exact) mass is 265 g/mol. The molecule has 1 aliphatic rings. The molecule has 0 unspecified atom stereocenters. The minimum Gasteiger partial charge on any atom is -0.334 e. The predicted octanol–water partition coefficient (Wildman–Crippen LogP) is 3.46. The average molecular weight is 266 g/mol. The van der Waals surface area contributed by atoms with E-state index in [0.717, 1.165) is 29.5 Å². The lowest BCUT2D eigenvalue weighted by atomic mass is 9.98. The molecule has 0 heterocycles. The maximum absolute atomic E-state index is 12.6. The zero-order chi connectivity index (χ0) is 13.3. The molecule has 1 aromatic carbocycles. The number of nitrogens with zero attached hydrogens (tertiary/aromatic N) is 1. The zero-order valence-corrected chi connectivity index (χ0v) is 12.0. The number of amides is 1. The van der Waals surface area contributed by atoms with Gasteiger partial charge in [-0.25, -0.2) is 0 Å². The Morgan fingerprint density at radius 3 is 2.28 bits per heavy atom. The number of carbonyl (C=O) groups excluding carboxylic acids is 1. The van der Waals surface area contributed by atoms with Crippen LogP contribution in [0.2, 0.25) is 0 Å². The van der Waals surface area contributed by atoms with Crippen molar-refractivity contribution in [3.63, 3.8) is 0 Å². The number of hydrogen-bond acceptors (Lipinski definition) is 1. The Morgan fingerprint density at radius 1 is 1.28 bits per heavy atom. The second kappa shape index (κ2) is 5.31. The van der Waals surface area contributed by atoms with Crippen molar-refractivity contribution in [1.82, 2.24) is 4.90 Å². The maximum atomic E-state index is 12.6. The van der Waals surface area contributed by atoms with Crippen molar-refractivity contribution in [3.05, 3.63) is 34.4 Å². The van der Waals surface area contributed by atoms with Crippen LogP contribution in [0.15, 0.2) is 12.1 Å². The molecule has 0 spiro atoms. The number of hydrogen-bond donors (Lipinski definition) is 0. The molecular weight excluding hydrogens is 246 g/mol. The summed E-state index contributed by atoms with van der Waals surface area (Å²) >= 11 is 5.81. The Morgan fingerprint density at radius 2 is 1.83 bits per heavy atom. The van der Waals surface area contributed by atoms with E-state index in [-0.39, 0.29) is 5.91 Å². The van der Waals surface area contributed by atoms with Crippen LogP contribution in [-0.4, -0.2) is 29.3 Å². The summed E-state index contributed by atoms with van der Waals surface area (Å²) in [5.74, 6) is 0.653. The standard InChI is InChI=1S/C15H20ClNO/c1-10-8-11(2)14(12(3)9-10)15(18)17(7-6-16)13-4-5-13/h8-9,13H,4-7H2,1-3H3. The Hall–Kier alpha value is -1.02. The van der Waals surface area contributed by atoms with E-state index >= 15 is 0 Å². The van der Waals surface area contributed by atoms with Crippen LogP contribution in [0.3, 0.4) is 0 Å². The molecule has 98 valence electrons. The number of halogens is 1. The molecule has 1 saturated carbocycles. The Kier molecular flexibility index (Phi) is 3.96. The Labute approximate surface area is 114 Å². The predicted molar refractivity (Wildman–Crippen MR) is 75.4 cm³/mol. The number of aryl methyl sites for hydroxylation is 3. The number of benzene rings is 1. The molecule has 0 radical (unpaired) electrons. The average Bonchev–Trinajstić information content (AvgIpc) is 3.07. The molecule has 1 fully saturated rings. The number of carbonyl (C=O) groups is 1. The van der Waals surface area contributed by atoms with E-state index in [4.69, 9.17) is 11.6 Å². The van der Waals surface area contributed by atoms with Crippen molar-refractivity contribution in [3.8, 4) is 0 Å². The van der Waals surface area contributed by atoms with Gasteiger partial charge in [0, 0.05) is 24.0 Å². The zero-order valence-electron chi connectivity index (χ0n) is 11.3. The van der Waals surface area contributed by atoms with Crippen molar-refractivity contribution in [2.75, 3.05) is 12.4 Å². The highest BCUT2D eigenvalue weighted by molar-refractivity contribution is 6.18. The van der Waals surface area contributed by atoms with Crippen molar-refractivity contribution in [2.45, 2.75) is 39.7 Å². The third kappa shape index (κ3) is 2.69. The van der Waals surface area contributed by atoms with E-state index in [1.807, 2.05) is 18.7 Å². The van der Waals surface area contributed by atoms with Gasteiger partial charge in [-0.15, -0.1) is 11.6 Å². The second-order valence-electron chi connectivity index (χ2n) is 5.19. The van der Waals surface area contributed by atoms with Crippen molar-refractivity contribution in [2.24, 2.45) is 0 Å². The van der Waals surface area contributed by atoms with Gasteiger partial charge in [0.2, 0.25) is 0 Å². The van der Waals surface area contributed by atoms with Crippen molar-refractivity contribution < 1.29 is 4.79 Å². The summed E-state index contributed by atoms with van der Waals surface area (Å²) in [5.41, 5.74) is 4.20. The smallest absolute Gasteiger partial charge is 0.254 e. The van der Waals surface area contributed by atoms with E-state index in [2.05, 4.69) is 19.1 Å². The SMILES string of the molecule is Cc1cc(C)c(C(=O)N(CCCl)C2CC2)c(C)c1. The normalized spacial score (nSPS) is 14.7. The summed E-state index contributed by atoms with van der Waals surface area (Å²) in [5, 5.41) is 0. The molecule has 0 aromatic heterocycles. The van der Waals surface area contributed by atoms with Crippen molar-refractivity contribution in [1.29, 1.82) is 0 Å². The van der Waals surface area contributed by atoms with Gasteiger partial charge in [0.05, 0.1) is 0 Å². The molecule has 0 aliphatic heterocycles. The molecule has 0 N–H and O–H groups in total. The summed E-state index contributed by atoms with van der Waals surface area (Å²) in [4.78, 5) is 14.6. The lowest BCUT2D eigenvalue weighted by molar-refractivity contribution is 0.0752. The molecule has 1 amide bonds. The molecule has 18 heavy (non-hydrogen) atoms. The molecule has 1 aliphatic carbocycles. The van der Waals surface area contributed by atoms with Crippen LogP contribution >= 0.6 is 11.6 Å². The summed E-state index contributed by atoms with van der Waals surface area (Å²) in [6.45, 7) is 6.74. The summed E-state index contributed by atoms with van der Waals surface area (Å²) in [6, 6.07) is 4.56.